The summed E-state index contributed by atoms with van der Waals surface area (Å²) in [5.41, 5.74) is 0.412. The highest BCUT2D eigenvalue weighted by Crippen LogP contribution is 2.44. The predicted octanol–water partition coefficient (Wildman–Crippen LogP) is -0.453. The maximum atomic E-state index is 13.2. The summed E-state index contributed by atoms with van der Waals surface area (Å²) in [5.74, 6) is -3.26. The molecule has 3 aliphatic rings. The minimum Gasteiger partial charge on any atom is -0.494 e. The van der Waals surface area contributed by atoms with Crippen LogP contribution >= 0.6 is 0 Å². The second kappa shape index (κ2) is 6.90. The van der Waals surface area contributed by atoms with E-state index in [-0.39, 0.29) is 5.91 Å². The normalized spacial score (nSPS) is 29.4. The molecule has 4 atom stereocenters. The van der Waals surface area contributed by atoms with E-state index in [0.717, 1.165) is 4.90 Å². The average Bonchev–Trinajstić information content (AvgIpc) is 3.17. The summed E-state index contributed by atoms with van der Waals surface area (Å²) >= 11 is 0. The van der Waals surface area contributed by atoms with Gasteiger partial charge in [-0.15, -0.1) is 0 Å². The molecular weight excluding hydrogens is 366 g/mol. The van der Waals surface area contributed by atoms with Crippen LogP contribution in [0.3, 0.4) is 0 Å². The molecular formula is C19H21N3O6. The van der Waals surface area contributed by atoms with Crippen molar-refractivity contribution in [1.82, 2.24) is 10.2 Å². The van der Waals surface area contributed by atoms with Gasteiger partial charge < -0.3 is 14.8 Å². The molecule has 3 heterocycles. The Kier molecular flexibility index (Phi) is 4.54. The van der Waals surface area contributed by atoms with E-state index in [4.69, 9.17) is 9.47 Å². The first-order valence-electron chi connectivity index (χ1n) is 9.21. The third-order valence-electron chi connectivity index (χ3n) is 5.58. The summed E-state index contributed by atoms with van der Waals surface area (Å²) in [7, 11) is 1.21. The highest BCUT2D eigenvalue weighted by molar-refractivity contribution is 6.25. The number of methoxy groups -OCH3 is 1. The molecule has 148 valence electrons. The number of hydrogen-bond acceptors (Lipinski definition) is 7. The molecule has 1 aromatic rings. The second-order valence-electron chi connectivity index (χ2n) is 6.93. The van der Waals surface area contributed by atoms with Gasteiger partial charge in [0.25, 0.3) is 5.91 Å². The molecule has 0 aliphatic carbocycles. The second-order valence-corrected chi connectivity index (χ2v) is 6.93. The Hall–Kier alpha value is -2.94. The maximum Gasteiger partial charge on any atom is 0.311 e. The Morgan fingerprint density at radius 2 is 1.86 bits per heavy atom. The SMILES string of the molecule is CCOc1ccc(N2C(=O)[C@@H]3[C@@H](C(=O)OC)[C@H]4C(=O)NCCN4[C@H]3C2=O)cc1. The van der Waals surface area contributed by atoms with Crippen molar-refractivity contribution < 1.29 is 28.7 Å². The van der Waals surface area contributed by atoms with Gasteiger partial charge in [-0.3, -0.25) is 24.1 Å². The molecule has 1 N–H and O–H groups in total. The van der Waals surface area contributed by atoms with Gasteiger partial charge in [0.05, 0.1) is 31.2 Å². The molecule has 3 saturated heterocycles. The van der Waals surface area contributed by atoms with Crippen LogP contribution in [-0.4, -0.2) is 67.5 Å². The quantitative estimate of drug-likeness (QED) is 0.551. The van der Waals surface area contributed by atoms with E-state index in [1.807, 2.05) is 6.92 Å². The molecule has 9 heteroatoms. The number of anilines is 1. The monoisotopic (exact) mass is 387 g/mol. The van der Waals surface area contributed by atoms with Crippen LogP contribution in [0.25, 0.3) is 0 Å². The Balaban J connectivity index is 1.71. The molecule has 0 aromatic heterocycles. The summed E-state index contributed by atoms with van der Waals surface area (Å²) in [6.07, 6.45) is 0. The molecule has 0 radical (unpaired) electrons. The van der Waals surface area contributed by atoms with Gasteiger partial charge in [0.1, 0.15) is 17.8 Å². The molecule has 0 saturated carbocycles. The van der Waals surface area contributed by atoms with Crippen LogP contribution in [0.2, 0.25) is 0 Å². The van der Waals surface area contributed by atoms with Crippen LogP contribution < -0.4 is 15.0 Å². The van der Waals surface area contributed by atoms with Crippen LogP contribution in [0.4, 0.5) is 5.69 Å². The van der Waals surface area contributed by atoms with Gasteiger partial charge in [0.15, 0.2) is 0 Å². The Bertz CT molecular complexity index is 839. The van der Waals surface area contributed by atoms with Gasteiger partial charge in [0, 0.05) is 13.1 Å². The fourth-order valence-electron chi connectivity index (χ4n) is 4.48. The summed E-state index contributed by atoms with van der Waals surface area (Å²) < 4.78 is 10.3. The largest absolute Gasteiger partial charge is 0.494 e. The van der Waals surface area contributed by atoms with E-state index in [1.165, 1.54) is 7.11 Å². The molecule has 4 rings (SSSR count). The van der Waals surface area contributed by atoms with E-state index >= 15 is 0 Å². The van der Waals surface area contributed by atoms with E-state index in [2.05, 4.69) is 5.32 Å². The van der Waals surface area contributed by atoms with E-state index < -0.39 is 41.7 Å². The first-order chi connectivity index (χ1) is 13.5. The van der Waals surface area contributed by atoms with Crippen molar-refractivity contribution in [3.05, 3.63) is 24.3 Å². The number of nitrogens with one attached hydrogen (secondary N) is 1. The molecule has 0 spiro atoms. The van der Waals surface area contributed by atoms with Crippen LogP contribution in [0.5, 0.6) is 5.75 Å². The van der Waals surface area contributed by atoms with Crippen molar-refractivity contribution >= 4 is 29.4 Å². The molecule has 9 nitrogen and oxygen atoms in total. The topological polar surface area (TPSA) is 105 Å². The molecule has 0 bridgehead atoms. The van der Waals surface area contributed by atoms with Crippen molar-refractivity contribution in [3.63, 3.8) is 0 Å². The minimum absolute atomic E-state index is 0.357. The number of nitrogens with zero attached hydrogens (tertiary/aromatic N) is 2. The average molecular weight is 387 g/mol. The smallest absolute Gasteiger partial charge is 0.311 e. The van der Waals surface area contributed by atoms with E-state index in [1.54, 1.807) is 29.2 Å². The van der Waals surface area contributed by atoms with Crippen molar-refractivity contribution in [2.75, 3.05) is 31.7 Å². The molecule has 3 amide bonds. The lowest BCUT2D eigenvalue weighted by Gasteiger charge is -2.34. The van der Waals surface area contributed by atoms with Gasteiger partial charge in [0.2, 0.25) is 11.8 Å². The number of amides is 3. The highest BCUT2D eigenvalue weighted by atomic mass is 16.5. The van der Waals surface area contributed by atoms with Gasteiger partial charge in [-0.05, 0) is 31.2 Å². The maximum absolute atomic E-state index is 13.2. The molecule has 28 heavy (non-hydrogen) atoms. The fourth-order valence-corrected chi connectivity index (χ4v) is 4.48. The predicted molar refractivity (Wildman–Crippen MR) is 96.4 cm³/mol. The van der Waals surface area contributed by atoms with Crippen LogP contribution in [-0.2, 0) is 23.9 Å². The number of esters is 1. The standard InChI is InChI=1S/C19H21N3O6/c1-3-28-11-6-4-10(5-7-11)22-17(24)12-13(19(26)27-2)14-16(23)20-8-9-21(14)15(12)18(22)25/h4-7,12-15H,3,8-9H2,1-2H3,(H,20,23)/t12-,13-,14+,15-/m1/s1. The summed E-state index contributed by atoms with van der Waals surface area (Å²) in [5, 5.41) is 2.70. The van der Waals surface area contributed by atoms with Crippen LogP contribution in [0.15, 0.2) is 24.3 Å². The number of carbonyl (C=O) groups is 4. The first-order valence-corrected chi connectivity index (χ1v) is 9.21. The molecule has 0 unspecified atom stereocenters. The number of piperazine rings is 1. The van der Waals surface area contributed by atoms with Crippen molar-refractivity contribution in [1.29, 1.82) is 0 Å². The van der Waals surface area contributed by atoms with Crippen molar-refractivity contribution in [3.8, 4) is 5.75 Å². The van der Waals surface area contributed by atoms with Gasteiger partial charge in [-0.25, -0.2) is 4.90 Å². The molecule has 1 aromatic carbocycles. The zero-order valence-corrected chi connectivity index (χ0v) is 15.6. The molecule has 3 aliphatic heterocycles. The lowest BCUT2D eigenvalue weighted by molar-refractivity contribution is -0.152. The minimum atomic E-state index is -1.01. The van der Waals surface area contributed by atoms with Crippen molar-refractivity contribution in [2.45, 2.75) is 19.0 Å². The summed E-state index contributed by atoms with van der Waals surface area (Å²) in [6.45, 7) is 3.11. The third-order valence-corrected chi connectivity index (χ3v) is 5.58. The number of carbonyl (C=O) groups excluding carboxylic acids is 4. The zero-order valence-electron chi connectivity index (χ0n) is 15.6. The number of imide groups is 1. The van der Waals surface area contributed by atoms with E-state index in [0.29, 0.717) is 31.1 Å². The number of hydrogen-bond donors (Lipinski definition) is 1. The van der Waals surface area contributed by atoms with Crippen LogP contribution in [0.1, 0.15) is 6.92 Å². The Morgan fingerprint density at radius 3 is 2.50 bits per heavy atom. The fraction of sp³-hybridized carbons (Fsp3) is 0.474. The number of fused-ring (bicyclic) bond motifs is 3. The highest BCUT2D eigenvalue weighted by Gasteiger charge is 2.66. The lowest BCUT2D eigenvalue weighted by atomic mass is 9.87. The summed E-state index contributed by atoms with van der Waals surface area (Å²) in [4.78, 5) is 54.0. The van der Waals surface area contributed by atoms with Gasteiger partial charge in [-0.2, -0.15) is 0 Å². The lowest BCUT2D eigenvalue weighted by Crippen LogP contribution is -2.58. The number of ether oxygens (including phenoxy) is 2. The summed E-state index contributed by atoms with van der Waals surface area (Å²) in [6, 6.07) is 4.92. The zero-order chi connectivity index (χ0) is 20.0. The van der Waals surface area contributed by atoms with E-state index in [9.17, 15) is 19.2 Å². The Labute approximate surface area is 161 Å². The van der Waals surface area contributed by atoms with Crippen molar-refractivity contribution in [2.24, 2.45) is 11.8 Å². The third kappa shape index (κ3) is 2.57. The molecule has 3 fully saturated rings. The Morgan fingerprint density at radius 1 is 1.14 bits per heavy atom. The number of benzene rings is 1. The van der Waals surface area contributed by atoms with Gasteiger partial charge in [-0.1, -0.05) is 0 Å². The van der Waals surface area contributed by atoms with Gasteiger partial charge >= 0.3 is 5.97 Å². The number of rotatable bonds is 4. The first kappa shape index (κ1) is 18.4. The van der Waals surface area contributed by atoms with Crippen LogP contribution in [0, 0.1) is 11.8 Å².